The molecular formula is C11H12FN3O. The number of hydrogen-bond donors (Lipinski definition) is 1. The van der Waals surface area contributed by atoms with Crippen LogP contribution in [-0.2, 0) is 0 Å². The number of hydrogen-bond acceptors (Lipinski definition) is 4. The van der Waals surface area contributed by atoms with Crippen LogP contribution in [0.5, 0.6) is 5.75 Å². The van der Waals surface area contributed by atoms with Crippen LogP contribution in [0.1, 0.15) is 18.4 Å². The Balaban J connectivity index is 1.96. The quantitative estimate of drug-likeness (QED) is 0.780. The van der Waals surface area contributed by atoms with Gasteiger partial charge in [0.25, 0.3) is 0 Å². The number of pyridine rings is 1. The predicted molar refractivity (Wildman–Crippen MR) is 55.4 cm³/mol. The van der Waals surface area contributed by atoms with Crippen LogP contribution in [0, 0.1) is 17.3 Å². The average Bonchev–Trinajstić information content (AvgIpc) is 2.81. The molecule has 1 fully saturated rings. The Labute approximate surface area is 93.1 Å². The summed E-state index contributed by atoms with van der Waals surface area (Å²) in [5.74, 6) is -0.319. The molecule has 4 nitrogen and oxygen atoms in total. The summed E-state index contributed by atoms with van der Waals surface area (Å²) in [5, 5.41) is 11.9. The van der Waals surface area contributed by atoms with Gasteiger partial charge in [-0.25, -0.2) is 4.98 Å². The van der Waals surface area contributed by atoms with Crippen molar-refractivity contribution in [2.45, 2.75) is 18.9 Å². The zero-order valence-corrected chi connectivity index (χ0v) is 8.74. The molecule has 1 aromatic rings. The van der Waals surface area contributed by atoms with Gasteiger partial charge in [-0.2, -0.15) is 9.65 Å². The highest BCUT2D eigenvalue weighted by Gasteiger charge is 2.14. The number of nitrogens with one attached hydrogen (secondary N) is 1. The van der Waals surface area contributed by atoms with Gasteiger partial charge in [0.1, 0.15) is 24.0 Å². The van der Waals surface area contributed by atoms with Crippen LogP contribution < -0.4 is 10.1 Å². The van der Waals surface area contributed by atoms with Crippen LogP contribution in [-0.4, -0.2) is 24.2 Å². The van der Waals surface area contributed by atoms with Crippen molar-refractivity contribution in [1.29, 1.82) is 5.26 Å². The lowest BCUT2D eigenvalue weighted by molar-refractivity contribution is 0.275. The van der Waals surface area contributed by atoms with Crippen molar-refractivity contribution in [2.24, 2.45) is 0 Å². The fourth-order valence-corrected chi connectivity index (χ4v) is 1.68. The van der Waals surface area contributed by atoms with E-state index in [1.54, 1.807) is 6.07 Å². The van der Waals surface area contributed by atoms with Gasteiger partial charge in [0.2, 0.25) is 5.95 Å². The van der Waals surface area contributed by atoms with E-state index < -0.39 is 5.95 Å². The molecule has 0 amide bonds. The summed E-state index contributed by atoms with van der Waals surface area (Å²) in [6.45, 7) is 1.54. The predicted octanol–water partition coefficient (Wildman–Crippen LogP) is 1.22. The Morgan fingerprint density at radius 1 is 1.69 bits per heavy atom. The van der Waals surface area contributed by atoms with E-state index in [0.29, 0.717) is 18.4 Å². The zero-order chi connectivity index (χ0) is 11.4. The van der Waals surface area contributed by atoms with Crippen molar-refractivity contribution < 1.29 is 9.13 Å². The first-order valence-electron chi connectivity index (χ1n) is 5.21. The third-order valence-corrected chi connectivity index (χ3v) is 2.55. The van der Waals surface area contributed by atoms with Crippen molar-refractivity contribution in [2.75, 3.05) is 13.2 Å². The molecule has 0 unspecified atom stereocenters. The summed E-state index contributed by atoms with van der Waals surface area (Å²) in [7, 11) is 0. The standard InChI is InChI=1S/C11H12FN3O/c12-11-8(5-13)4-10(6-15-11)16-7-9-2-1-3-14-9/h4,6,9,14H,1-3,7H2/t9-/m1/s1. The molecule has 0 spiro atoms. The molecule has 2 rings (SSSR count). The van der Waals surface area contributed by atoms with Crippen molar-refractivity contribution in [1.82, 2.24) is 10.3 Å². The lowest BCUT2D eigenvalue weighted by Crippen LogP contribution is -2.28. The van der Waals surface area contributed by atoms with E-state index in [0.717, 1.165) is 19.4 Å². The van der Waals surface area contributed by atoms with Gasteiger partial charge in [-0.3, -0.25) is 0 Å². The van der Waals surface area contributed by atoms with Crippen LogP contribution in [0.15, 0.2) is 12.3 Å². The highest BCUT2D eigenvalue weighted by atomic mass is 19.1. The fourth-order valence-electron chi connectivity index (χ4n) is 1.68. The molecule has 0 saturated carbocycles. The topological polar surface area (TPSA) is 57.9 Å². The van der Waals surface area contributed by atoms with E-state index in [1.165, 1.54) is 12.3 Å². The Hall–Kier alpha value is -1.67. The smallest absolute Gasteiger partial charge is 0.231 e. The van der Waals surface area contributed by atoms with E-state index in [2.05, 4.69) is 10.3 Å². The monoisotopic (exact) mass is 221 g/mol. The third kappa shape index (κ3) is 2.47. The molecule has 1 aliphatic heterocycles. The SMILES string of the molecule is N#Cc1cc(OC[C@H]2CCCN2)cnc1F. The van der Waals surface area contributed by atoms with Gasteiger partial charge in [-0.15, -0.1) is 0 Å². The number of nitriles is 1. The van der Waals surface area contributed by atoms with E-state index in [9.17, 15) is 4.39 Å². The van der Waals surface area contributed by atoms with Crippen LogP contribution >= 0.6 is 0 Å². The van der Waals surface area contributed by atoms with Crippen molar-refractivity contribution in [3.63, 3.8) is 0 Å². The molecule has 1 N–H and O–H groups in total. The molecule has 1 aliphatic rings. The fraction of sp³-hybridized carbons (Fsp3) is 0.455. The van der Waals surface area contributed by atoms with Crippen LogP contribution in [0.2, 0.25) is 0 Å². The molecule has 1 aromatic heterocycles. The summed E-state index contributed by atoms with van der Waals surface area (Å²) in [6.07, 6.45) is 3.53. The molecule has 16 heavy (non-hydrogen) atoms. The number of rotatable bonds is 3. The number of aromatic nitrogens is 1. The summed E-state index contributed by atoms with van der Waals surface area (Å²) in [5.41, 5.74) is -0.0862. The molecule has 0 aromatic carbocycles. The first-order chi connectivity index (χ1) is 7.79. The van der Waals surface area contributed by atoms with E-state index in [-0.39, 0.29) is 5.56 Å². The average molecular weight is 221 g/mol. The van der Waals surface area contributed by atoms with Crippen molar-refractivity contribution in [3.8, 4) is 11.8 Å². The summed E-state index contributed by atoms with van der Waals surface area (Å²) in [4.78, 5) is 3.46. The van der Waals surface area contributed by atoms with Gasteiger partial charge in [0.15, 0.2) is 0 Å². The van der Waals surface area contributed by atoms with Gasteiger partial charge in [0.05, 0.1) is 6.20 Å². The highest BCUT2D eigenvalue weighted by molar-refractivity contribution is 5.33. The molecule has 1 saturated heterocycles. The largest absolute Gasteiger partial charge is 0.490 e. The minimum atomic E-state index is -0.756. The molecule has 84 valence electrons. The summed E-state index contributed by atoms with van der Waals surface area (Å²) < 4.78 is 18.4. The van der Waals surface area contributed by atoms with Gasteiger partial charge < -0.3 is 10.1 Å². The highest BCUT2D eigenvalue weighted by Crippen LogP contribution is 2.15. The van der Waals surface area contributed by atoms with Crippen LogP contribution in [0.4, 0.5) is 4.39 Å². The Bertz CT molecular complexity index is 410. The van der Waals surface area contributed by atoms with Crippen molar-refractivity contribution in [3.05, 3.63) is 23.8 Å². The maximum atomic E-state index is 12.9. The second kappa shape index (κ2) is 4.90. The normalized spacial score (nSPS) is 19.4. The summed E-state index contributed by atoms with van der Waals surface area (Å²) in [6, 6.07) is 3.45. The van der Waals surface area contributed by atoms with Gasteiger partial charge in [-0.1, -0.05) is 0 Å². The minimum Gasteiger partial charge on any atom is -0.490 e. The number of halogens is 1. The zero-order valence-electron chi connectivity index (χ0n) is 8.74. The second-order valence-corrected chi connectivity index (χ2v) is 3.73. The summed E-state index contributed by atoms with van der Waals surface area (Å²) >= 11 is 0. The van der Waals surface area contributed by atoms with Crippen molar-refractivity contribution >= 4 is 0 Å². The second-order valence-electron chi connectivity index (χ2n) is 3.73. The van der Waals surface area contributed by atoms with E-state index in [1.807, 2.05) is 0 Å². The number of ether oxygens (including phenoxy) is 1. The first-order valence-corrected chi connectivity index (χ1v) is 5.21. The van der Waals surface area contributed by atoms with Crippen LogP contribution in [0.25, 0.3) is 0 Å². The van der Waals surface area contributed by atoms with Gasteiger partial charge in [-0.05, 0) is 19.4 Å². The minimum absolute atomic E-state index is 0.0862. The molecular weight excluding hydrogens is 209 g/mol. The van der Waals surface area contributed by atoms with Crippen LogP contribution in [0.3, 0.4) is 0 Å². The molecule has 0 radical (unpaired) electrons. The lowest BCUT2D eigenvalue weighted by atomic mass is 10.2. The molecule has 1 atom stereocenters. The van der Waals surface area contributed by atoms with Gasteiger partial charge in [0, 0.05) is 12.1 Å². The maximum absolute atomic E-state index is 12.9. The van der Waals surface area contributed by atoms with Gasteiger partial charge >= 0.3 is 0 Å². The first kappa shape index (κ1) is 10.8. The van der Waals surface area contributed by atoms with E-state index >= 15 is 0 Å². The number of nitrogens with zero attached hydrogens (tertiary/aromatic N) is 2. The molecule has 0 bridgehead atoms. The Kier molecular flexibility index (Phi) is 3.32. The maximum Gasteiger partial charge on any atom is 0.231 e. The Morgan fingerprint density at radius 2 is 2.56 bits per heavy atom. The molecule has 2 heterocycles. The van der Waals surface area contributed by atoms with E-state index in [4.69, 9.17) is 10.00 Å². The molecule has 5 heteroatoms. The Morgan fingerprint density at radius 3 is 3.25 bits per heavy atom. The third-order valence-electron chi connectivity index (χ3n) is 2.55. The molecule has 0 aliphatic carbocycles. The lowest BCUT2D eigenvalue weighted by Gasteiger charge is -2.11.